The monoisotopic (exact) mass is 359 g/mol. The van der Waals surface area contributed by atoms with Crippen molar-refractivity contribution in [1.82, 2.24) is 0 Å². The molecule has 1 aliphatic carbocycles. The topological polar surface area (TPSA) is 90.7 Å². The number of carbonyl (C=O) groups excluding carboxylic acids is 1. The maximum Gasteiger partial charge on any atom is 0.318 e. The minimum absolute atomic E-state index is 0.000594. The molecule has 27 heavy (non-hydrogen) atoms. The van der Waals surface area contributed by atoms with Crippen molar-refractivity contribution in [2.24, 2.45) is 16.5 Å². The van der Waals surface area contributed by atoms with Gasteiger partial charge in [0.1, 0.15) is 5.75 Å². The van der Waals surface area contributed by atoms with Crippen molar-refractivity contribution in [1.29, 1.82) is 0 Å². The number of aliphatic imine (C=N–C) groups is 1. The Morgan fingerprint density at radius 3 is 2.70 bits per heavy atom. The van der Waals surface area contributed by atoms with Gasteiger partial charge in [-0.15, -0.1) is 0 Å². The van der Waals surface area contributed by atoms with Crippen LogP contribution in [0, 0.1) is 0 Å². The maximum absolute atomic E-state index is 13.0. The van der Waals surface area contributed by atoms with E-state index in [1.165, 1.54) is 0 Å². The third-order valence-corrected chi connectivity index (χ3v) is 4.95. The van der Waals surface area contributed by atoms with Crippen LogP contribution in [0.1, 0.15) is 29.9 Å². The number of hydrogen-bond donors (Lipinski definition) is 2. The van der Waals surface area contributed by atoms with Gasteiger partial charge < -0.3 is 16.2 Å². The SMILES string of the molecule is NC(N)=Nc1ccc2c(c1)C(C(=O)Oc1cccc3ccccc13)CCC2. The van der Waals surface area contributed by atoms with Crippen LogP contribution in [-0.4, -0.2) is 11.9 Å². The second-order valence-electron chi connectivity index (χ2n) is 6.76. The number of hydrogen-bond acceptors (Lipinski definition) is 3. The Hall–Kier alpha value is -3.34. The molecule has 1 aliphatic rings. The highest BCUT2D eigenvalue weighted by atomic mass is 16.5. The Bertz CT molecular complexity index is 1030. The maximum atomic E-state index is 13.0. The first-order chi connectivity index (χ1) is 13.1. The number of rotatable bonds is 3. The van der Waals surface area contributed by atoms with Gasteiger partial charge in [-0.3, -0.25) is 4.79 Å². The highest BCUT2D eigenvalue weighted by Crippen LogP contribution is 2.36. The number of benzene rings is 3. The van der Waals surface area contributed by atoms with E-state index < -0.39 is 0 Å². The number of fused-ring (bicyclic) bond motifs is 2. The first-order valence-corrected chi connectivity index (χ1v) is 9.04. The zero-order valence-electron chi connectivity index (χ0n) is 14.9. The van der Waals surface area contributed by atoms with Gasteiger partial charge >= 0.3 is 5.97 Å². The first-order valence-electron chi connectivity index (χ1n) is 9.04. The fourth-order valence-corrected chi connectivity index (χ4v) is 3.71. The summed E-state index contributed by atoms with van der Waals surface area (Å²) >= 11 is 0. The first kappa shape index (κ1) is 17.1. The van der Waals surface area contributed by atoms with Crippen LogP contribution in [0.4, 0.5) is 5.69 Å². The summed E-state index contributed by atoms with van der Waals surface area (Å²) in [5, 5.41) is 1.97. The zero-order chi connectivity index (χ0) is 18.8. The lowest BCUT2D eigenvalue weighted by atomic mass is 9.82. The molecule has 136 valence electrons. The molecule has 0 saturated heterocycles. The molecule has 3 aromatic carbocycles. The average molecular weight is 359 g/mol. The Kier molecular flexibility index (Phi) is 4.50. The number of aryl methyl sites for hydroxylation is 1. The normalized spacial score (nSPS) is 15.8. The van der Waals surface area contributed by atoms with E-state index in [0.29, 0.717) is 11.4 Å². The van der Waals surface area contributed by atoms with E-state index >= 15 is 0 Å². The van der Waals surface area contributed by atoms with Crippen molar-refractivity contribution in [2.75, 3.05) is 0 Å². The number of guanidine groups is 1. The number of esters is 1. The lowest BCUT2D eigenvalue weighted by Crippen LogP contribution is -2.23. The van der Waals surface area contributed by atoms with Crippen LogP contribution < -0.4 is 16.2 Å². The van der Waals surface area contributed by atoms with Crippen LogP contribution >= 0.6 is 0 Å². The molecule has 0 amide bonds. The molecule has 0 radical (unpaired) electrons. The lowest BCUT2D eigenvalue weighted by Gasteiger charge is -2.24. The Labute approximate surface area is 157 Å². The van der Waals surface area contributed by atoms with E-state index in [1.807, 2.05) is 60.7 Å². The molecule has 5 heteroatoms. The zero-order valence-corrected chi connectivity index (χ0v) is 14.9. The molecule has 1 atom stereocenters. The molecule has 0 spiro atoms. The second-order valence-corrected chi connectivity index (χ2v) is 6.76. The molecule has 4 rings (SSSR count). The summed E-state index contributed by atoms with van der Waals surface area (Å²) in [5.41, 5.74) is 13.7. The number of ether oxygens (including phenoxy) is 1. The van der Waals surface area contributed by atoms with Gasteiger partial charge in [0, 0.05) is 5.39 Å². The van der Waals surface area contributed by atoms with Gasteiger partial charge in [0.15, 0.2) is 5.96 Å². The molecule has 0 aliphatic heterocycles. The highest BCUT2D eigenvalue weighted by Gasteiger charge is 2.28. The van der Waals surface area contributed by atoms with Crippen LogP contribution in [0.25, 0.3) is 10.8 Å². The lowest BCUT2D eigenvalue weighted by molar-refractivity contribution is -0.136. The standard InChI is InChI=1S/C22H21N3O2/c23-22(24)25-16-12-11-15-6-3-9-18(19(15)13-16)21(26)27-20-10-4-7-14-5-1-2-8-17(14)20/h1-2,4-5,7-8,10-13,18H,3,6,9H2,(H4,23,24,25). The van der Waals surface area contributed by atoms with Gasteiger partial charge in [-0.2, -0.15) is 0 Å². The molecular formula is C22H21N3O2. The molecule has 5 nitrogen and oxygen atoms in total. The van der Waals surface area contributed by atoms with Gasteiger partial charge in [-0.1, -0.05) is 42.5 Å². The number of nitrogens with zero attached hydrogens (tertiary/aromatic N) is 1. The smallest absolute Gasteiger partial charge is 0.318 e. The van der Waals surface area contributed by atoms with Gasteiger partial charge in [-0.25, -0.2) is 4.99 Å². The van der Waals surface area contributed by atoms with Gasteiger partial charge in [0.2, 0.25) is 0 Å². The van der Waals surface area contributed by atoms with E-state index in [-0.39, 0.29) is 17.8 Å². The number of carbonyl (C=O) groups is 1. The molecule has 0 saturated carbocycles. The molecular weight excluding hydrogens is 338 g/mol. The van der Waals surface area contributed by atoms with Crippen molar-refractivity contribution < 1.29 is 9.53 Å². The Morgan fingerprint density at radius 1 is 1.04 bits per heavy atom. The van der Waals surface area contributed by atoms with Gasteiger partial charge in [0.25, 0.3) is 0 Å². The summed E-state index contributed by atoms with van der Waals surface area (Å²) in [4.78, 5) is 17.1. The van der Waals surface area contributed by atoms with E-state index in [1.54, 1.807) is 0 Å². The summed E-state index contributed by atoms with van der Waals surface area (Å²) in [6.07, 6.45) is 2.64. The summed E-state index contributed by atoms with van der Waals surface area (Å²) in [5.74, 6) is 0.0299. The van der Waals surface area contributed by atoms with Gasteiger partial charge in [0.05, 0.1) is 11.6 Å². The fourth-order valence-electron chi connectivity index (χ4n) is 3.71. The van der Waals surface area contributed by atoms with Crippen LogP contribution in [0.3, 0.4) is 0 Å². The summed E-state index contributed by atoms with van der Waals surface area (Å²) < 4.78 is 5.82. The van der Waals surface area contributed by atoms with Crippen molar-refractivity contribution in [3.63, 3.8) is 0 Å². The predicted molar refractivity (Wildman–Crippen MR) is 107 cm³/mol. The third kappa shape index (κ3) is 3.49. The molecule has 0 bridgehead atoms. The van der Waals surface area contributed by atoms with Crippen molar-refractivity contribution in [3.8, 4) is 5.75 Å². The van der Waals surface area contributed by atoms with Crippen molar-refractivity contribution >= 4 is 28.4 Å². The summed E-state index contributed by atoms with van der Waals surface area (Å²) in [6, 6.07) is 19.4. The quantitative estimate of drug-likeness (QED) is 0.322. The van der Waals surface area contributed by atoms with Crippen LogP contribution in [-0.2, 0) is 11.2 Å². The van der Waals surface area contributed by atoms with E-state index in [4.69, 9.17) is 16.2 Å². The predicted octanol–water partition coefficient (Wildman–Crippen LogP) is 3.77. The molecule has 4 N–H and O–H groups in total. The largest absolute Gasteiger partial charge is 0.425 e. The Morgan fingerprint density at radius 2 is 1.85 bits per heavy atom. The van der Waals surface area contributed by atoms with E-state index in [2.05, 4.69) is 4.99 Å². The van der Waals surface area contributed by atoms with Crippen LogP contribution in [0.5, 0.6) is 5.75 Å². The van der Waals surface area contributed by atoms with Crippen molar-refractivity contribution in [3.05, 3.63) is 71.8 Å². The third-order valence-electron chi connectivity index (χ3n) is 4.95. The van der Waals surface area contributed by atoms with E-state index in [0.717, 1.165) is 41.2 Å². The molecule has 3 aromatic rings. The molecule has 0 aromatic heterocycles. The van der Waals surface area contributed by atoms with Crippen molar-refractivity contribution in [2.45, 2.75) is 25.2 Å². The summed E-state index contributed by atoms with van der Waals surface area (Å²) in [7, 11) is 0. The van der Waals surface area contributed by atoms with E-state index in [9.17, 15) is 4.79 Å². The highest BCUT2D eigenvalue weighted by molar-refractivity contribution is 5.91. The summed E-state index contributed by atoms with van der Waals surface area (Å²) in [6.45, 7) is 0. The molecule has 0 fully saturated rings. The minimum Gasteiger partial charge on any atom is -0.425 e. The van der Waals surface area contributed by atoms with Crippen LogP contribution in [0.2, 0.25) is 0 Å². The average Bonchev–Trinajstić information content (AvgIpc) is 2.67. The number of nitrogens with two attached hydrogens (primary N) is 2. The molecule has 0 heterocycles. The van der Waals surface area contributed by atoms with Gasteiger partial charge in [-0.05, 0) is 54.0 Å². The minimum atomic E-state index is -0.318. The molecule has 1 unspecified atom stereocenters. The second kappa shape index (κ2) is 7.11. The fraction of sp³-hybridized carbons (Fsp3) is 0.182. The Balaban J connectivity index is 1.66. The van der Waals surface area contributed by atoms with Crippen LogP contribution in [0.15, 0.2) is 65.7 Å².